The number of fused-ring (bicyclic) bond motifs is 1. The van der Waals surface area contributed by atoms with E-state index in [1.165, 1.54) is 31.2 Å². The SMILES string of the molecule is CNC[C@@H]1CCCCc2c(C)csc21. The summed E-state index contributed by atoms with van der Waals surface area (Å²) in [6, 6.07) is 0. The Bertz CT molecular complexity index is 303. The summed E-state index contributed by atoms with van der Waals surface area (Å²) >= 11 is 1.97. The molecule has 0 saturated carbocycles. The topological polar surface area (TPSA) is 12.0 Å². The highest BCUT2D eigenvalue weighted by atomic mass is 32.1. The Hall–Kier alpha value is -0.340. The lowest BCUT2D eigenvalue weighted by Crippen LogP contribution is -2.16. The molecule has 1 atom stereocenters. The van der Waals surface area contributed by atoms with Gasteiger partial charge in [-0.3, -0.25) is 0 Å². The third kappa shape index (κ3) is 1.86. The lowest BCUT2D eigenvalue weighted by atomic mass is 10.0. The van der Waals surface area contributed by atoms with Gasteiger partial charge in [0, 0.05) is 17.3 Å². The van der Waals surface area contributed by atoms with Gasteiger partial charge in [0.2, 0.25) is 0 Å². The highest BCUT2D eigenvalue weighted by Gasteiger charge is 2.20. The second kappa shape index (κ2) is 4.45. The molecule has 1 aliphatic rings. The molecule has 1 aromatic heterocycles. The van der Waals surface area contributed by atoms with E-state index >= 15 is 0 Å². The lowest BCUT2D eigenvalue weighted by molar-refractivity contribution is 0.571. The Labute approximate surface area is 90.5 Å². The average Bonchev–Trinajstić information content (AvgIpc) is 2.43. The molecule has 0 unspecified atom stereocenters. The van der Waals surface area contributed by atoms with Gasteiger partial charge in [-0.25, -0.2) is 0 Å². The van der Waals surface area contributed by atoms with Crippen molar-refractivity contribution in [3.8, 4) is 0 Å². The monoisotopic (exact) mass is 209 g/mol. The first kappa shape index (κ1) is 10.2. The fourth-order valence-electron chi connectivity index (χ4n) is 2.42. The number of hydrogen-bond donors (Lipinski definition) is 1. The molecule has 0 radical (unpaired) electrons. The van der Waals surface area contributed by atoms with Crippen LogP contribution < -0.4 is 5.32 Å². The molecule has 2 rings (SSSR count). The van der Waals surface area contributed by atoms with E-state index in [0.29, 0.717) is 0 Å². The first-order valence-corrected chi connectivity index (χ1v) is 6.42. The maximum Gasteiger partial charge on any atom is 0.0124 e. The van der Waals surface area contributed by atoms with E-state index in [2.05, 4.69) is 24.7 Å². The highest BCUT2D eigenvalue weighted by molar-refractivity contribution is 7.10. The van der Waals surface area contributed by atoms with Crippen LogP contribution in [0.3, 0.4) is 0 Å². The third-order valence-corrected chi connectivity index (χ3v) is 4.49. The zero-order valence-corrected chi connectivity index (χ0v) is 9.91. The minimum Gasteiger partial charge on any atom is -0.319 e. The van der Waals surface area contributed by atoms with Crippen LogP contribution >= 0.6 is 11.3 Å². The van der Waals surface area contributed by atoms with E-state index in [1.807, 2.05) is 11.3 Å². The van der Waals surface area contributed by atoms with E-state index in [-0.39, 0.29) is 0 Å². The summed E-state index contributed by atoms with van der Waals surface area (Å²) < 4.78 is 0. The van der Waals surface area contributed by atoms with Crippen LogP contribution in [0.2, 0.25) is 0 Å². The molecule has 1 heterocycles. The Kier molecular flexibility index (Phi) is 3.24. The van der Waals surface area contributed by atoms with Crippen molar-refractivity contribution in [1.82, 2.24) is 5.32 Å². The zero-order chi connectivity index (χ0) is 9.97. The van der Waals surface area contributed by atoms with Crippen molar-refractivity contribution in [3.63, 3.8) is 0 Å². The molecular formula is C12H19NS. The molecule has 1 aliphatic carbocycles. The highest BCUT2D eigenvalue weighted by Crippen LogP contribution is 2.36. The summed E-state index contributed by atoms with van der Waals surface area (Å²) in [4.78, 5) is 1.66. The lowest BCUT2D eigenvalue weighted by Gasteiger charge is -2.13. The van der Waals surface area contributed by atoms with E-state index < -0.39 is 0 Å². The Morgan fingerprint density at radius 3 is 3.14 bits per heavy atom. The minimum atomic E-state index is 0.774. The van der Waals surface area contributed by atoms with Crippen molar-refractivity contribution in [2.75, 3.05) is 13.6 Å². The van der Waals surface area contributed by atoms with Gasteiger partial charge >= 0.3 is 0 Å². The molecule has 1 N–H and O–H groups in total. The first-order chi connectivity index (χ1) is 6.83. The summed E-state index contributed by atoms with van der Waals surface area (Å²) in [6.07, 6.45) is 5.46. The molecule has 1 aromatic rings. The molecule has 0 saturated heterocycles. The van der Waals surface area contributed by atoms with E-state index in [1.54, 1.807) is 10.4 Å². The van der Waals surface area contributed by atoms with Crippen molar-refractivity contribution in [2.45, 2.75) is 38.5 Å². The molecule has 2 heteroatoms. The Morgan fingerprint density at radius 1 is 1.50 bits per heavy atom. The van der Waals surface area contributed by atoms with Crippen molar-refractivity contribution < 1.29 is 0 Å². The van der Waals surface area contributed by atoms with Crippen molar-refractivity contribution in [1.29, 1.82) is 0 Å². The van der Waals surface area contributed by atoms with Crippen molar-refractivity contribution in [3.05, 3.63) is 21.4 Å². The van der Waals surface area contributed by atoms with E-state index in [9.17, 15) is 0 Å². The maximum absolute atomic E-state index is 3.32. The van der Waals surface area contributed by atoms with Gasteiger partial charge < -0.3 is 5.32 Å². The van der Waals surface area contributed by atoms with Gasteiger partial charge in [-0.2, -0.15) is 0 Å². The molecule has 1 nitrogen and oxygen atoms in total. The fraction of sp³-hybridized carbons (Fsp3) is 0.667. The molecule has 0 aliphatic heterocycles. The van der Waals surface area contributed by atoms with Gasteiger partial charge in [-0.1, -0.05) is 6.42 Å². The van der Waals surface area contributed by atoms with Crippen LogP contribution in [0.1, 0.15) is 41.2 Å². The summed E-state index contributed by atoms with van der Waals surface area (Å²) in [5.41, 5.74) is 3.18. The largest absolute Gasteiger partial charge is 0.319 e. The second-order valence-electron chi connectivity index (χ2n) is 4.26. The number of nitrogens with one attached hydrogen (secondary N) is 1. The molecule has 78 valence electrons. The number of rotatable bonds is 2. The molecule has 0 aromatic carbocycles. The molecular weight excluding hydrogens is 190 g/mol. The second-order valence-corrected chi connectivity index (χ2v) is 5.17. The summed E-state index contributed by atoms with van der Waals surface area (Å²) in [7, 11) is 2.06. The standard InChI is InChI=1S/C12H19NS/c1-9-8-14-12-10(7-13-2)5-3-4-6-11(9)12/h8,10,13H,3-7H2,1-2H3/t10-/m0/s1. The van der Waals surface area contributed by atoms with Gasteiger partial charge in [-0.15, -0.1) is 11.3 Å². The number of aryl methyl sites for hydroxylation is 1. The predicted molar refractivity (Wildman–Crippen MR) is 63.3 cm³/mol. The number of hydrogen-bond acceptors (Lipinski definition) is 2. The maximum atomic E-state index is 3.32. The van der Waals surface area contributed by atoms with Crippen LogP contribution in [0.5, 0.6) is 0 Å². The van der Waals surface area contributed by atoms with Crippen LogP contribution in [-0.2, 0) is 6.42 Å². The van der Waals surface area contributed by atoms with Gasteiger partial charge in [-0.05, 0) is 49.7 Å². The van der Waals surface area contributed by atoms with Crippen LogP contribution in [0.25, 0.3) is 0 Å². The average molecular weight is 209 g/mol. The van der Waals surface area contributed by atoms with E-state index in [0.717, 1.165) is 12.5 Å². The normalized spacial score (nSPS) is 21.7. The van der Waals surface area contributed by atoms with Crippen LogP contribution in [0, 0.1) is 6.92 Å². The summed E-state index contributed by atoms with van der Waals surface area (Å²) in [5.74, 6) is 0.774. The molecule has 0 fully saturated rings. The van der Waals surface area contributed by atoms with E-state index in [4.69, 9.17) is 0 Å². The Balaban J connectivity index is 2.28. The minimum absolute atomic E-state index is 0.774. The predicted octanol–water partition coefficient (Wildman–Crippen LogP) is 3.09. The quantitative estimate of drug-likeness (QED) is 0.738. The van der Waals surface area contributed by atoms with Gasteiger partial charge in [0.15, 0.2) is 0 Å². The zero-order valence-electron chi connectivity index (χ0n) is 9.10. The number of likely N-dealkylation sites (N-methyl/N-ethyl adjacent to an activating group) is 1. The van der Waals surface area contributed by atoms with Crippen molar-refractivity contribution >= 4 is 11.3 Å². The third-order valence-electron chi connectivity index (χ3n) is 3.19. The molecule has 0 spiro atoms. The van der Waals surface area contributed by atoms with Gasteiger partial charge in [0.25, 0.3) is 0 Å². The fourth-order valence-corrected chi connectivity index (χ4v) is 3.66. The van der Waals surface area contributed by atoms with Gasteiger partial charge in [0.05, 0.1) is 0 Å². The summed E-state index contributed by atoms with van der Waals surface area (Å²) in [6.45, 7) is 3.41. The summed E-state index contributed by atoms with van der Waals surface area (Å²) in [5, 5.41) is 5.65. The van der Waals surface area contributed by atoms with Crippen LogP contribution in [0.4, 0.5) is 0 Å². The molecule has 14 heavy (non-hydrogen) atoms. The molecule has 0 amide bonds. The van der Waals surface area contributed by atoms with Crippen LogP contribution in [-0.4, -0.2) is 13.6 Å². The smallest absolute Gasteiger partial charge is 0.0124 e. The molecule has 0 bridgehead atoms. The Morgan fingerprint density at radius 2 is 2.36 bits per heavy atom. The van der Waals surface area contributed by atoms with Gasteiger partial charge in [0.1, 0.15) is 0 Å². The number of thiophene rings is 1. The van der Waals surface area contributed by atoms with Crippen molar-refractivity contribution in [2.24, 2.45) is 0 Å². The first-order valence-electron chi connectivity index (χ1n) is 5.54. The van der Waals surface area contributed by atoms with Crippen LogP contribution in [0.15, 0.2) is 5.38 Å².